The number of hydrogen-bond acceptors (Lipinski definition) is 5. The molecule has 0 aliphatic rings. The van der Waals surface area contributed by atoms with E-state index in [1.54, 1.807) is 42.3 Å². The van der Waals surface area contributed by atoms with E-state index in [4.69, 9.17) is 0 Å². The highest BCUT2D eigenvalue weighted by atomic mass is 32.2. The van der Waals surface area contributed by atoms with Crippen LogP contribution in [-0.4, -0.2) is 29.4 Å². The standard InChI is InChI=1S/C11H14N4O2S/c1-15-8-13-11(14-15)7-12-9-3-5-10(6-4-9)18(2,16)17/h3-6,8,12H,7H2,1-2H3. The lowest BCUT2D eigenvalue weighted by atomic mass is 10.3. The van der Waals surface area contributed by atoms with Crippen molar-refractivity contribution in [3.8, 4) is 0 Å². The SMILES string of the molecule is Cn1cnc(CNc2ccc(S(C)(=O)=O)cc2)n1. The molecule has 96 valence electrons. The minimum Gasteiger partial charge on any atom is -0.378 e. The Morgan fingerprint density at radius 3 is 2.44 bits per heavy atom. The van der Waals surface area contributed by atoms with E-state index in [2.05, 4.69) is 15.4 Å². The highest BCUT2D eigenvalue weighted by Crippen LogP contribution is 2.14. The minimum absolute atomic E-state index is 0.309. The molecular weight excluding hydrogens is 252 g/mol. The molecule has 2 rings (SSSR count). The van der Waals surface area contributed by atoms with Gasteiger partial charge in [-0.3, -0.25) is 4.68 Å². The first kappa shape index (κ1) is 12.6. The summed E-state index contributed by atoms with van der Waals surface area (Å²) < 4.78 is 24.2. The van der Waals surface area contributed by atoms with Crippen LogP contribution in [-0.2, 0) is 23.4 Å². The quantitative estimate of drug-likeness (QED) is 0.887. The Balaban J connectivity index is 2.03. The van der Waals surface area contributed by atoms with Crippen LogP contribution in [0.1, 0.15) is 5.82 Å². The second-order valence-corrected chi connectivity index (χ2v) is 6.00. The third kappa shape index (κ3) is 3.07. The van der Waals surface area contributed by atoms with Crippen molar-refractivity contribution in [3.05, 3.63) is 36.4 Å². The van der Waals surface area contributed by atoms with Gasteiger partial charge in [0.25, 0.3) is 0 Å². The number of nitrogens with one attached hydrogen (secondary N) is 1. The molecule has 2 aromatic rings. The Kier molecular flexibility index (Phi) is 3.33. The molecule has 0 spiro atoms. The summed E-state index contributed by atoms with van der Waals surface area (Å²) in [5.74, 6) is 0.685. The third-order valence-electron chi connectivity index (χ3n) is 2.38. The first-order chi connectivity index (χ1) is 8.45. The molecule has 0 fully saturated rings. The Labute approximate surface area is 106 Å². The van der Waals surface area contributed by atoms with Crippen LogP contribution >= 0.6 is 0 Å². The second-order valence-electron chi connectivity index (χ2n) is 3.98. The zero-order valence-corrected chi connectivity index (χ0v) is 11.0. The van der Waals surface area contributed by atoms with Gasteiger partial charge in [-0.2, -0.15) is 5.10 Å². The van der Waals surface area contributed by atoms with Crippen LogP contribution in [0.5, 0.6) is 0 Å². The first-order valence-electron chi connectivity index (χ1n) is 5.34. The number of sulfone groups is 1. The maximum absolute atomic E-state index is 11.3. The maximum Gasteiger partial charge on any atom is 0.175 e. The number of aryl methyl sites for hydroxylation is 1. The molecule has 18 heavy (non-hydrogen) atoms. The van der Waals surface area contributed by atoms with Crippen molar-refractivity contribution in [1.82, 2.24) is 14.8 Å². The van der Waals surface area contributed by atoms with Gasteiger partial charge < -0.3 is 5.32 Å². The van der Waals surface area contributed by atoms with Gasteiger partial charge in [-0.15, -0.1) is 0 Å². The van der Waals surface area contributed by atoms with Gasteiger partial charge in [-0.05, 0) is 24.3 Å². The molecule has 6 nitrogen and oxygen atoms in total. The monoisotopic (exact) mass is 266 g/mol. The lowest BCUT2D eigenvalue weighted by Crippen LogP contribution is -2.03. The maximum atomic E-state index is 11.3. The summed E-state index contributed by atoms with van der Waals surface area (Å²) in [5, 5.41) is 7.25. The van der Waals surface area contributed by atoms with Crippen molar-refractivity contribution >= 4 is 15.5 Å². The second kappa shape index (κ2) is 4.77. The van der Waals surface area contributed by atoms with Gasteiger partial charge in [0, 0.05) is 19.0 Å². The molecule has 0 unspecified atom stereocenters. The highest BCUT2D eigenvalue weighted by Gasteiger charge is 2.06. The van der Waals surface area contributed by atoms with Crippen LogP contribution < -0.4 is 5.32 Å². The third-order valence-corrected chi connectivity index (χ3v) is 3.51. The van der Waals surface area contributed by atoms with Crippen molar-refractivity contribution in [3.63, 3.8) is 0 Å². The molecular formula is C11H14N4O2S. The van der Waals surface area contributed by atoms with E-state index >= 15 is 0 Å². The van der Waals surface area contributed by atoms with Crippen molar-refractivity contribution in [2.45, 2.75) is 11.4 Å². The fourth-order valence-electron chi connectivity index (χ4n) is 1.47. The zero-order chi connectivity index (χ0) is 13.2. The molecule has 0 bridgehead atoms. The smallest absolute Gasteiger partial charge is 0.175 e. The molecule has 7 heteroatoms. The number of anilines is 1. The summed E-state index contributed by atoms with van der Waals surface area (Å²) in [6.07, 6.45) is 2.82. The van der Waals surface area contributed by atoms with Crippen LogP contribution in [0.3, 0.4) is 0 Å². The molecule has 1 aromatic carbocycles. The number of rotatable bonds is 4. The van der Waals surface area contributed by atoms with Gasteiger partial charge in [0.2, 0.25) is 0 Å². The molecule has 0 aliphatic carbocycles. The molecule has 0 radical (unpaired) electrons. The van der Waals surface area contributed by atoms with E-state index in [-0.39, 0.29) is 0 Å². The van der Waals surface area contributed by atoms with E-state index < -0.39 is 9.84 Å². The van der Waals surface area contributed by atoms with Crippen molar-refractivity contribution in [1.29, 1.82) is 0 Å². The van der Waals surface area contributed by atoms with Gasteiger partial charge in [-0.25, -0.2) is 13.4 Å². The van der Waals surface area contributed by atoms with E-state index in [9.17, 15) is 8.42 Å². The molecule has 0 saturated heterocycles. The Hall–Kier alpha value is -1.89. The van der Waals surface area contributed by atoms with Crippen molar-refractivity contribution < 1.29 is 8.42 Å². The van der Waals surface area contributed by atoms with Gasteiger partial charge >= 0.3 is 0 Å². The number of aromatic nitrogens is 3. The number of benzene rings is 1. The molecule has 1 aromatic heterocycles. The molecule has 0 atom stereocenters. The lowest BCUT2D eigenvalue weighted by Gasteiger charge is -2.04. The van der Waals surface area contributed by atoms with Crippen LogP contribution in [0.15, 0.2) is 35.5 Å². The Morgan fingerprint density at radius 1 is 1.28 bits per heavy atom. The number of hydrogen-bond donors (Lipinski definition) is 1. The predicted octanol–water partition coefficient (Wildman–Crippen LogP) is 0.831. The van der Waals surface area contributed by atoms with E-state index in [0.717, 1.165) is 5.69 Å². The summed E-state index contributed by atoms with van der Waals surface area (Å²) in [7, 11) is -1.34. The highest BCUT2D eigenvalue weighted by molar-refractivity contribution is 7.90. The fraction of sp³-hybridized carbons (Fsp3) is 0.273. The van der Waals surface area contributed by atoms with Crippen LogP contribution in [0, 0.1) is 0 Å². The molecule has 0 amide bonds. The molecule has 1 heterocycles. The van der Waals surface area contributed by atoms with Crippen molar-refractivity contribution in [2.24, 2.45) is 7.05 Å². The Bertz CT molecular complexity index is 631. The van der Waals surface area contributed by atoms with Crippen LogP contribution in [0.25, 0.3) is 0 Å². The van der Waals surface area contributed by atoms with Gasteiger partial charge in [0.05, 0.1) is 11.4 Å². The van der Waals surface area contributed by atoms with Crippen LogP contribution in [0.2, 0.25) is 0 Å². The number of nitrogens with zero attached hydrogens (tertiary/aromatic N) is 3. The van der Waals surface area contributed by atoms with E-state index in [1.807, 2.05) is 0 Å². The van der Waals surface area contributed by atoms with Crippen molar-refractivity contribution in [2.75, 3.05) is 11.6 Å². The largest absolute Gasteiger partial charge is 0.378 e. The summed E-state index contributed by atoms with van der Waals surface area (Å²) in [4.78, 5) is 4.39. The molecule has 0 saturated carbocycles. The summed E-state index contributed by atoms with van der Waals surface area (Å²) >= 11 is 0. The van der Waals surface area contributed by atoms with Gasteiger partial charge in [0.1, 0.15) is 6.33 Å². The Morgan fingerprint density at radius 2 is 1.94 bits per heavy atom. The summed E-state index contributed by atoms with van der Waals surface area (Å²) in [6.45, 7) is 0.499. The average Bonchev–Trinajstić information content (AvgIpc) is 2.72. The van der Waals surface area contributed by atoms with Gasteiger partial charge in [-0.1, -0.05) is 0 Å². The van der Waals surface area contributed by atoms with E-state index in [1.165, 1.54) is 6.26 Å². The average molecular weight is 266 g/mol. The minimum atomic E-state index is -3.14. The van der Waals surface area contributed by atoms with E-state index in [0.29, 0.717) is 17.3 Å². The molecule has 1 N–H and O–H groups in total. The van der Waals surface area contributed by atoms with Gasteiger partial charge in [0.15, 0.2) is 15.7 Å². The first-order valence-corrected chi connectivity index (χ1v) is 7.23. The fourth-order valence-corrected chi connectivity index (χ4v) is 2.10. The summed E-state index contributed by atoms with van der Waals surface area (Å²) in [6, 6.07) is 6.59. The lowest BCUT2D eigenvalue weighted by molar-refractivity contribution is 0.602. The predicted molar refractivity (Wildman–Crippen MR) is 67.9 cm³/mol. The molecule has 0 aliphatic heterocycles. The topological polar surface area (TPSA) is 76.9 Å². The summed E-state index contributed by atoms with van der Waals surface area (Å²) in [5.41, 5.74) is 0.829. The zero-order valence-electron chi connectivity index (χ0n) is 10.2. The normalized spacial score (nSPS) is 11.4. The van der Waals surface area contributed by atoms with Crippen LogP contribution in [0.4, 0.5) is 5.69 Å².